The number of rotatable bonds is 10. The zero-order chi connectivity index (χ0) is 12.4. The highest BCUT2D eigenvalue weighted by Crippen LogP contribution is 2.00. The summed E-state index contributed by atoms with van der Waals surface area (Å²) in [5, 5.41) is 0. The van der Waals surface area contributed by atoms with Crippen molar-refractivity contribution >= 4 is 0 Å². The minimum Gasteiger partial charge on any atom is -0.380 e. The van der Waals surface area contributed by atoms with E-state index in [4.69, 9.17) is 10.5 Å². The Morgan fingerprint density at radius 3 is 2.31 bits per heavy atom. The van der Waals surface area contributed by atoms with E-state index in [0.29, 0.717) is 6.54 Å². The first-order valence-electron chi connectivity index (χ1n) is 6.24. The van der Waals surface area contributed by atoms with Crippen LogP contribution in [0.15, 0.2) is 0 Å². The Bertz CT molecular complexity index is 149. The van der Waals surface area contributed by atoms with Crippen molar-refractivity contribution in [2.75, 3.05) is 53.9 Å². The lowest BCUT2D eigenvalue weighted by Gasteiger charge is -2.23. The molecule has 1 unspecified atom stereocenters. The van der Waals surface area contributed by atoms with Gasteiger partial charge in [-0.25, -0.2) is 0 Å². The molecule has 0 aromatic carbocycles. The van der Waals surface area contributed by atoms with E-state index in [2.05, 4.69) is 30.8 Å². The molecule has 0 rings (SSSR count). The van der Waals surface area contributed by atoms with Crippen LogP contribution in [0, 0.1) is 0 Å². The lowest BCUT2D eigenvalue weighted by atomic mass is 10.2. The van der Waals surface area contributed by atoms with Gasteiger partial charge >= 0.3 is 0 Å². The largest absolute Gasteiger partial charge is 0.380 e. The first-order valence-corrected chi connectivity index (χ1v) is 6.24. The van der Waals surface area contributed by atoms with Crippen LogP contribution in [0.2, 0.25) is 0 Å². The number of nitrogens with zero attached hydrogens (tertiary/aromatic N) is 2. The second-order valence-corrected chi connectivity index (χ2v) is 4.47. The molecule has 0 aliphatic heterocycles. The second-order valence-electron chi connectivity index (χ2n) is 4.47. The molecule has 0 aromatic heterocycles. The second kappa shape index (κ2) is 10.0. The van der Waals surface area contributed by atoms with Crippen molar-refractivity contribution in [1.82, 2.24) is 9.80 Å². The number of methoxy groups -OCH3 is 1. The predicted molar refractivity (Wildman–Crippen MR) is 69.8 cm³/mol. The van der Waals surface area contributed by atoms with E-state index in [0.717, 1.165) is 32.6 Å². The van der Waals surface area contributed by atoms with Gasteiger partial charge in [0, 0.05) is 20.2 Å². The van der Waals surface area contributed by atoms with Crippen molar-refractivity contribution in [2.45, 2.75) is 25.9 Å². The van der Waals surface area contributed by atoms with Crippen LogP contribution in [-0.4, -0.2) is 69.8 Å². The topological polar surface area (TPSA) is 41.7 Å². The third kappa shape index (κ3) is 8.05. The van der Waals surface area contributed by atoms with Gasteiger partial charge in [-0.3, -0.25) is 0 Å². The summed E-state index contributed by atoms with van der Waals surface area (Å²) >= 11 is 0. The molecule has 2 N–H and O–H groups in total. The maximum atomic E-state index is 5.60. The number of ether oxygens (including phenoxy) is 1. The maximum absolute atomic E-state index is 5.60. The van der Waals surface area contributed by atoms with Crippen LogP contribution in [0.25, 0.3) is 0 Å². The molecule has 0 saturated carbocycles. The first-order chi connectivity index (χ1) is 7.63. The molecule has 98 valence electrons. The number of hydrogen-bond acceptors (Lipinski definition) is 4. The summed E-state index contributed by atoms with van der Waals surface area (Å²) in [5.74, 6) is 0. The zero-order valence-electron chi connectivity index (χ0n) is 11.4. The highest BCUT2D eigenvalue weighted by molar-refractivity contribution is 4.63. The van der Waals surface area contributed by atoms with Gasteiger partial charge in [0.2, 0.25) is 0 Å². The van der Waals surface area contributed by atoms with Gasteiger partial charge in [0.15, 0.2) is 0 Å². The van der Waals surface area contributed by atoms with Crippen LogP contribution in [-0.2, 0) is 4.74 Å². The predicted octanol–water partition coefficient (Wildman–Crippen LogP) is 0.624. The molecule has 16 heavy (non-hydrogen) atoms. The fourth-order valence-electron chi connectivity index (χ4n) is 1.70. The Morgan fingerprint density at radius 1 is 1.19 bits per heavy atom. The average molecular weight is 231 g/mol. The third-order valence-electron chi connectivity index (χ3n) is 2.89. The van der Waals surface area contributed by atoms with E-state index in [-0.39, 0.29) is 6.10 Å². The monoisotopic (exact) mass is 231 g/mol. The Morgan fingerprint density at radius 2 is 1.88 bits per heavy atom. The summed E-state index contributed by atoms with van der Waals surface area (Å²) in [5.41, 5.74) is 5.60. The van der Waals surface area contributed by atoms with Gasteiger partial charge in [-0.1, -0.05) is 6.92 Å². The van der Waals surface area contributed by atoms with E-state index in [1.54, 1.807) is 7.11 Å². The number of hydrogen-bond donors (Lipinski definition) is 1. The van der Waals surface area contributed by atoms with Gasteiger partial charge in [0.1, 0.15) is 0 Å². The molecular weight excluding hydrogens is 202 g/mol. The van der Waals surface area contributed by atoms with Crippen LogP contribution < -0.4 is 5.73 Å². The van der Waals surface area contributed by atoms with E-state index in [9.17, 15) is 0 Å². The molecule has 4 heteroatoms. The Labute approximate surface area is 101 Å². The molecule has 0 radical (unpaired) electrons. The van der Waals surface area contributed by atoms with Crippen molar-refractivity contribution in [3.63, 3.8) is 0 Å². The minimum atomic E-state index is 0.211. The molecule has 0 aliphatic rings. The van der Waals surface area contributed by atoms with Crippen LogP contribution >= 0.6 is 0 Å². The van der Waals surface area contributed by atoms with Crippen LogP contribution in [0.3, 0.4) is 0 Å². The summed E-state index contributed by atoms with van der Waals surface area (Å²) < 4.78 is 5.28. The molecule has 0 heterocycles. The quantitative estimate of drug-likeness (QED) is 0.598. The van der Waals surface area contributed by atoms with Crippen molar-refractivity contribution < 1.29 is 4.74 Å². The Balaban J connectivity index is 3.65. The van der Waals surface area contributed by atoms with Gasteiger partial charge in [0.05, 0.1) is 6.10 Å². The van der Waals surface area contributed by atoms with E-state index < -0.39 is 0 Å². The average Bonchev–Trinajstić information content (AvgIpc) is 2.27. The highest BCUT2D eigenvalue weighted by atomic mass is 16.5. The Kier molecular flexibility index (Phi) is 9.92. The number of nitrogens with two attached hydrogens (primary N) is 1. The zero-order valence-corrected chi connectivity index (χ0v) is 11.4. The maximum Gasteiger partial charge on any atom is 0.0705 e. The summed E-state index contributed by atoms with van der Waals surface area (Å²) in [4.78, 5) is 4.69. The lowest BCUT2D eigenvalue weighted by Crippen LogP contribution is -2.32. The van der Waals surface area contributed by atoms with E-state index >= 15 is 0 Å². The fraction of sp³-hybridized carbons (Fsp3) is 1.00. The lowest BCUT2D eigenvalue weighted by molar-refractivity contribution is 0.0896. The smallest absolute Gasteiger partial charge is 0.0705 e. The van der Waals surface area contributed by atoms with Gasteiger partial charge in [-0.2, -0.15) is 0 Å². The summed E-state index contributed by atoms with van der Waals surface area (Å²) in [7, 11) is 5.97. The minimum absolute atomic E-state index is 0.211. The first kappa shape index (κ1) is 15.8. The molecule has 0 aliphatic carbocycles. The van der Waals surface area contributed by atoms with Crippen molar-refractivity contribution in [1.29, 1.82) is 0 Å². The molecule has 0 amide bonds. The van der Waals surface area contributed by atoms with Gasteiger partial charge in [-0.05, 0) is 46.6 Å². The molecule has 0 saturated heterocycles. The fourth-order valence-corrected chi connectivity index (χ4v) is 1.70. The normalized spacial score (nSPS) is 13.7. The highest BCUT2D eigenvalue weighted by Gasteiger charge is 2.08. The van der Waals surface area contributed by atoms with Crippen LogP contribution in [0.5, 0.6) is 0 Å². The van der Waals surface area contributed by atoms with Crippen molar-refractivity contribution in [3.05, 3.63) is 0 Å². The standard InChI is InChI=1S/C12H29N3O/c1-5-15(9-6-8-14(2)3)10-7-12(11-13)16-4/h12H,5-11,13H2,1-4H3. The summed E-state index contributed by atoms with van der Waals surface area (Å²) in [6, 6.07) is 0. The summed E-state index contributed by atoms with van der Waals surface area (Å²) in [6.07, 6.45) is 2.46. The molecule has 0 bridgehead atoms. The van der Waals surface area contributed by atoms with Gasteiger partial charge < -0.3 is 20.3 Å². The third-order valence-corrected chi connectivity index (χ3v) is 2.89. The molecule has 0 spiro atoms. The van der Waals surface area contributed by atoms with Crippen molar-refractivity contribution in [2.24, 2.45) is 5.73 Å². The van der Waals surface area contributed by atoms with E-state index in [1.807, 2.05) is 0 Å². The van der Waals surface area contributed by atoms with Gasteiger partial charge in [-0.15, -0.1) is 0 Å². The SMILES string of the molecule is CCN(CCCN(C)C)CCC(CN)OC. The molecule has 0 aromatic rings. The molecule has 4 nitrogen and oxygen atoms in total. The molecular formula is C12H29N3O. The van der Waals surface area contributed by atoms with Gasteiger partial charge in [0.25, 0.3) is 0 Å². The molecule has 0 fully saturated rings. The summed E-state index contributed by atoms with van der Waals surface area (Å²) in [6.45, 7) is 7.33. The van der Waals surface area contributed by atoms with E-state index in [1.165, 1.54) is 6.42 Å². The van der Waals surface area contributed by atoms with Crippen molar-refractivity contribution in [3.8, 4) is 0 Å². The van der Waals surface area contributed by atoms with Crippen LogP contribution in [0.1, 0.15) is 19.8 Å². The Hall–Kier alpha value is -0.160. The van der Waals surface area contributed by atoms with Crippen LogP contribution in [0.4, 0.5) is 0 Å². The molecule has 1 atom stereocenters.